The van der Waals surface area contributed by atoms with E-state index in [0.29, 0.717) is 5.92 Å². The Kier molecular flexibility index (Phi) is 4.62. The molecule has 1 atom stereocenters. The molecule has 0 aromatic carbocycles. The Bertz CT molecular complexity index is 357. The Labute approximate surface area is 105 Å². The summed E-state index contributed by atoms with van der Waals surface area (Å²) in [5.74, 6) is 4.25. The molecule has 1 fully saturated rings. The molecule has 1 saturated carbocycles. The highest BCUT2D eigenvalue weighted by molar-refractivity contribution is 5.13. The minimum atomic E-state index is 0.403. The summed E-state index contributed by atoms with van der Waals surface area (Å²) < 4.78 is 0. The first kappa shape index (κ1) is 12.2. The van der Waals surface area contributed by atoms with Crippen molar-refractivity contribution in [2.24, 2.45) is 11.8 Å². The van der Waals surface area contributed by atoms with Crippen LogP contribution in [0, 0.1) is 24.2 Å². The van der Waals surface area contributed by atoms with Crippen molar-refractivity contribution in [3.05, 3.63) is 30.1 Å². The molecule has 1 aromatic heterocycles. The van der Waals surface area contributed by atoms with Crippen LogP contribution in [0.5, 0.6) is 0 Å². The van der Waals surface area contributed by atoms with E-state index in [1.54, 1.807) is 0 Å². The standard InChI is InChI=1S/C16H21N/c1-2-14(12-15-6-4-3-5-7-15)13-16-8-10-17-11-9-16/h1,8-11,14-15H,3-7,12-13H2. The van der Waals surface area contributed by atoms with Gasteiger partial charge in [0.2, 0.25) is 0 Å². The zero-order valence-corrected chi connectivity index (χ0v) is 10.4. The summed E-state index contributed by atoms with van der Waals surface area (Å²) in [6.45, 7) is 0. The fourth-order valence-electron chi connectivity index (χ4n) is 2.84. The summed E-state index contributed by atoms with van der Waals surface area (Å²) in [6.07, 6.45) is 18.6. The third-order valence-electron chi connectivity index (χ3n) is 3.81. The molecule has 0 spiro atoms. The topological polar surface area (TPSA) is 12.9 Å². The Morgan fingerprint density at radius 3 is 2.59 bits per heavy atom. The number of hydrogen-bond donors (Lipinski definition) is 0. The van der Waals surface area contributed by atoms with E-state index >= 15 is 0 Å². The van der Waals surface area contributed by atoms with Gasteiger partial charge in [-0.15, -0.1) is 12.3 Å². The zero-order valence-electron chi connectivity index (χ0n) is 10.4. The van der Waals surface area contributed by atoms with Gasteiger partial charge in [0.15, 0.2) is 0 Å². The van der Waals surface area contributed by atoms with Crippen LogP contribution in [0.3, 0.4) is 0 Å². The van der Waals surface area contributed by atoms with Gasteiger partial charge in [0.25, 0.3) is 0 Å². The normalized spacial score (nSPS) is 18.5. The van der Waals surface area contributed by atoms with Crippen LogP contribution < -0.4 is 0 Å². The van der Waals surface area contributed by atoms with Gasteiger partial charge < -0.3 is 0 Å². The Morgan fingerprint density at radius 1 is 1.24 bits per heavy atom. The molecule has 1 unspecified atom stereocenters. The monoisotopic (exact) mass is 227 g/mol. The first-order valence-corrected chi connectivity index (χ1v) is 6.73. The molecule has 0 bridgehead atoms. The molecule has 1 nitrogen and oxygen atoms in total. The van der Waals surface area contributed by atoms with Crippen LogP contribution in [0.15, 0.2) is 24.5 Å². The highest BCUT2D eigenvalue weighted by atomic mass is 14.6. The van der Waals surface area contributed by atoms with Crippen molar-refractivity contribution in [3.63, 3.8) is 0 Å². The summed E-state index contributed by atoms with van der Waals surface area (Å²) in [7, 11) is 0. The predicted octanol–water partition coefficient (Wildman–Crippen LogP) is 3.84. The van der Waals surface area contributed by atoms with Gasteiger partial charge in [-0.25, -0.2) is 0 Å². The van der Waals surface area contributed by atoms with Gasteiger partial charge >= 0.3 is 0 Å². The zero-order chi connectivity index (χ0) is 11.9. The summed E-state index contributed by atoms with van der Waals surface area (Å²) in [4.78, 5) is 4.04. The lowest BCUT2D eigenvalue weighted by Gasteiger charge is -2.24. The molecule has 1 heteroatoms. The molecule has 1 aliphatic carbocycles. The molecule has 0 radical (unpaired) electrons. The quantitative estimate of drug-likeness (QED) is 0.712. The lowest BCUT2D eigenvalue weighted by atomic mass is 9.81. The van der Waals surface area contributed by atoms with Crippen LogP contribution in [0.4, 0.5) is 0 Å². The van der Waals surface area contributed by atoms with Crippen molar-refractivity contribution in [1.82, 2.24) is 4.98 Å². The summed E-state index contributed by atoms with van der Waals surface area (Å²) in [5.41, 5.74) is 1.32. The van der Waals surface area contributed by atoms with E-state index in [9.17, 15) is 0 Å². The predicted molar refractivity (Wildman–Crippen MR) is 71.5 cm³/mol. The maximum Gasteiger partial charge on any atom is 0.0270 e. The van der Waals surface area contributed by atoms with Crippen molar-refractivity contribution in [2.45, 2.75) is 44.9 Å². The molecule has 1 aliphatic rings. The van der Waals surface area contributed by atoms with Crippen molar-refractivity contribution < 1.29 is 0 Å². The number of terminal acetylenes is 1. The van der Waals surface area contributed by atoms with Gasteiger partial charge in [-0.2, -0.15) is 0 Å². The maximum atomic E-state index is 5.67. The van der Waals surface area contributed by atoms with Crippen molar-refractivity contribution in [3.8, 4) is 12.3 Å². The number of pyridine rings is 1. The molecule has 1 heterocycles. The molecule has 2 rings (SSSR count). The Morgan fingerprint density at radius 2 is 1.94 bits per heavy atom. The largest absolute Gasteiger partial charge is 0.265 e. The number of rotatable bonds is 4. The summed E-state index contributed by atoms with van der Waals surface area (Å²) in [6, 6.07) is 4.15. The molecule has 17 heavy (non-hydrogen) atoms. The third kappa shape index (κ3) is 3.89. The first-order valence-electron chi connectivity index (χ1n) is 6.73. The second-order valence-corrected chi connectivity index (χ2v) is 5.16. The summed E-state index contributed by atoms with van der Waals surface area (Å²) in [5, 5.41) is 0. The molecule has 0 aliphatic heterocycles. The van der Waals surface area contributed by atoms with Crippen LogP contribution in [0.1, 0.15) is 44.1 Å². The van der Waals surface area contributed by atoms with Crippen LogP contribution >= 0.6 is 0 Å². The van der Waals surface area contributed by atoms with Crippen LogP contribution in [-0.2, 0) is 6.42 Å². The number of aromatic nitrogens is 1. The first-order chi connectivity index (χ1) is 8.38. The van der Waals surface area contributed by atoms with Gasteiger partial charge in [0.1, 0.15) is 0 Å². The minimum absolute atomic E-state index is 0.403. The van der Waals surface area contributed by atoms with Gasteiger partial charge in [0.05, 0.1) is 0 Å². The molecule has 1 aromatic rings. The number of nitrogens with zero attached hydrogens (tertiary/aromatic N) is 1. The second kappa shape index (κ2) is 6.45. The van der Waals surface area contributed by atoms with E-state index in [0.717, 1.165) is 12.3 Å². The Hall–Kier alpha value is -1.29. The van der Waals surface area contributed by atoms with E-state index in [-0.39, 0.29) is 0 Å². The van der Waals surface area contributed by atoms with Crippen molar-refractivity contribution in [2.75, 3.05) is 0 Å². The SMILES string of the molecule is C#CC(Cc1ccncc1)CC1CCCCC1. The number of hydrogen-bond acceptors (Lipinski definition) is 1. The van der Waals surface area contributed by atoms with Gasteiger partial charge in [-0.3, -0.25) is 4.98 Å². The average Bonchev–Trinajstić information content (AvgIpc) is 2.40. The van der Waals surface area contributed by atoms with E-state index in [2.05, 4.69) is 23.0 Å². The average molecular weight is 227 g/mol. The highest BCUT2D eigenvalue weighted by Crippen LogP contribution is 2.29. The van der Waals surface area contributed by atoms with Crippen molar-refractivity contribution in [1.29, 1.82) is 0 Å². The highest BCUT2D eigenvalue weighted by Gasteiger charge is 2.17. The molecule has 0 amide bonds. The molecule has 0 saturated heterocycles. The van der Waals surface area contributed by atoms with Gasteiger partial charge in [0, 0.05) is 18.3 Å². The van der Waals surface area contributed by atoms with E-state index in [4.69, 9.17) is 6.42 Å². The van der Waals surface area contributed by atoms with E-state index in [1.165, 1.54) is 44.1 Å². The van der Waals surface area contributed by atoms with Crippen LogP contribution in [-0.4, -0.2) is 4.98 Å². The maximum absolute atomic E-state index is 5.67. The molecule has 90 valence electrons. The van der Waals surface area contributed by atoms with Gasteiger partial charge in [-0.05, 0) is 36.5 Å². The van der Waals surface area contributed by atoms with Crippen LogP contribution in [0.25, 0.3) is 0 Å². The lowest BCUT2D eigenvalue weighted by molar-refractivity contribution is 0.311. The second-order valence-electron chi connectivity index (χ2n) is 5.16. The fourth-order valence-corrected chi connectivity index (χ4v) is 2.84. The van der Waals surface area contributed by atoms with Crippen LogP contribution in [0.2, 0.25) is 0 Å². The lowest BCUT2D eigenvalue weighted by Crippen LogP contribution is -2.13. The minimum Gasteiger partial charge on any atom is -0.265 e. The molecule has 0 N–H and O–H groups in total. The molecular formula is C16H21N. The van der Waals surface area contributed by atoms with Gasteiger partial charge in [-0.1, -0.05) is 32.1 Å². The molecular weight excluding hydrogens is 206 g/mol. The van der Waals surface area contributed by atoms with Crippen molar-refractivity contribution >= 4 is 0 Å². The van der Waals surface area contributed by atoms with E-state index in [1.807, 2.05) is 12.4 Å². The third-order valence-corrected chi connectivity index (χ3v) is 3.81. The van der Waals surface area contributed by atoms with E-state index < -0.39 is 0 Å². The summed E-state index contributed by atoms with van der Waals surface area (Å²) >= 11 is 0. The smallest absolute Gasteiger partial charge is 0.0270 e. The Balaban J connectivity index is 1.86. The fraction of sp³-hybridized carbons (Fsp3) is 0.562.